The minimum Gasteiger partial charge on any atom is -0.476 e. The number of carbonyl (C=O) groups is 2. The molecule has 0 bridgehead atoms. The number of ether oxygens (including phenoxy) is 1. The van der Waals surface area contributed by atoms with E-state index in [4.69, 9.17) is 10.00 Å². The number of hydrogen-bond donors (Lipinski definition) is 3. The molecule has 2 aromatic heterocycles. The second kappa shape index (κ2) is 13.3. The molecule has 244 valence electrons. The Balaban J connectivity index is 1.13. The highest BCUT2D eigenvalue weighted by Gasteiger charge is 2.34. The van der Waals surface area contributed by atoms with Crippen molar-refractivity contribution in [3.8, 4) is 23.1 Å². The van der Waals surface area contributed by atoms with Crippen LogP contribution in [-0.4, -0.2) is 92.6 Å². The van der Waals surface area contributed by atoms with Crippen molar-refractivity contribution in [2.45, 2.75) is 32.4 Å². The van der Waals surface area contributed by atoms with Crippen molar-refractivity contribution in [1.82, 2.24) is 29.5 Å². The second-order valence-corrected chi connectivity index (χ2v) is 11.8. The first-order valence-electron chi connectivity index (χ1n) is 15.3. The SMILES string of the molecule is Cc1cc(Nc2nccn3c(-c4ccc(OCC#N)c(F)c4F)cnc23)ccc1C(=O)N1CCN(C(=O)[C@@H]2C[C@H](O)C(C)CN2)CC1. The first-order valence-corrected chi connectivity index (χ1v) is 15.3. The highest BCUT2D eigenvalue weighted by molar-refractivity contribution is 5.96. The van der Waals surface area contributed by atoms with E-state index in [1.54, 1.807) is 38.6 Å². The number of rotatable bonds is 7. The molecule has 3 N–H and O–H groups in total. The molecule has 4 aromatic rings. The Morgan fingerprint density at radius 1 is 1.13 bits per heavy atom. The Bertz CT molecular complexity index is 1870. The predicted molar refractivity (Wildman–Crippen MR) is 168 cm³/mol. The number of piperazine rings is 1. The molecule has 0 radical (unpaired) electrons. The Kier molecular flexibility index (Phi) is 9.01. The van der Waals surface area contributed by atoms with Gasteiger partial charge in [-0.3, -0.25) is 14.0 Å². The molecule has 1 unspecified atom stereocenters. The number of aliphatic hydroxyl groups is 1. The standard InChI is InChI=1S/C33H34F2N8O4/c1-19-15-21(3-4-22(19)32(45)41-10-12-42(13-11-41)33(46)24-16-26(44)20(2)17-38-24)40-30-31-39-18-25(43(31)9-8-37-30)23-5-6-27(47-14-7-36)29(35)28(23)34/h3-6,8-9,15,18,20,24,26,38,44H,10-14,16-17H2,1-2H3,(H,37,40)/t20?,24-,26-/m0/s1. The van der Waals surface area contributed by atoms with Crippen molar-refractivity contribution in [2.24, 2.45) is 5.92 Å². The first-order chi connectivity index (χ1) is 22.7. The molecule has 12 nitrogen and oxygen atoms in total. The lowest BCUT2D eigenvalue weighted by Gasteiger charge is -2.39. The van der Waals surface area contributed by atoms with Gasteiger partial charge in [0.15, 0.2) is 29.6 Å². The molecule has 0 saturated carbocycles. The van der Waals surface area contributed by atoms with Crippen LogP contribution in [-0.2, 0) is 4.79 Å². The van der Waals surface area contributed by atoms with Gasteiger partial charge in [-0.2, -0.15) is 9.65 Å². The number of halogens is 2. The molecular weight excluding hydrogens is 610 g/mol. The first kappa shape index (κ1) is 31.8. The molecule has 47 heavy (non-hydrogen) atoms. The minimum atomic E-state index is -1.20. The lowest BCUT2D eigenvalue weighted by Crippen LogP contribution is -2.58. The molecule has 6 rings (SSSR count). The largest absolute Gasteiger partial charge is 0.476 e. The van der Waals surface area contributed by atoms with E-state index in [0.717, 1.165) is 5.56 Å². The van der Waals surface area contributed by atoms with Crippen molar-refractivity contribution < 1.29 is 28.2 Å². The van der Waals surface area contributed by atoms with Crippen LogP contribution in [0, 0.1) is 35.8 Å². The number of anilines is 2. The number of aliphatic hydroxyl groups excluding tert-OH is 1. The maximum absolute atomic E-state index is 15.0. The number of aromatic nitrogens is 3. The number of fused-ring (bicyclic) bond motifs is 1. The molecule has 0 spiro atoms. The van der Waals surface area contributed by atoms with Crippen LogP contribution in [0.3, 0.4) is 0 Å². The van der Waals surface area contributed by atoms with Gasteiger partial charge < -0.3 is 30.3 Å². The zero-order chi connectivity index (χ0) is 33.2. The lowest BCUT2D eigenvalue weighted by atomic mass is 9.92. The van der Waals surface area contributed by atoms with E-state index >= 15 is 0 Å². The zero-order valence-electron chi connectivity index (χ0n) is 25.9. The number of amides is 2. The summed E-state index contributed by atoms with van der Waals surface area (Å²) in [6, 6.07) is 9.24. The van der Waals surface area contributed by atoms with Gasteiger partial charge in [0.05, 0.1) is 24.0 Å². The highest BCUT2D eigenvalue weighted by atomic mass is 19.2. The van der Waals surface area contributed by atoms with Gasteiger partial charge in [-0.05, 0) is 55.2 Å². The fraction of sp³-hybridized carbons (Fsp3) is 0.364. The number of nitrogens with one attached hydrogen (secondary N) is 2. The Hall–Kier alpha value is -5.13. The quantitative estimate of drug-likeness (QED) is 0.276. The van der Waals surface area contributed by atoms with E-state index in [-0.39, 0.29) is 34.7 Å². The van der Waals surface area contributed by atoms with Crippen LogP contribution in [0.2, 0.25) is 0 Å². The van der Waals surface area contributed by atoms with Crippen LogP contribution >= 0.6 is 0 Å². The number of aryl methyl sites for hydroxylation is 1. The number of benzene rings is 2. The molecule has 2 saturated heterocycles. The van der Waals surface area contributed by atoms with E-state index in [9.17, 15) is 23.5 Å². The fourth-order valence-electron chi connectivity index (χ4n) is 6.01. The molecule has 2 aliphatic rings. The van der Waals surface area contributed by atoms with Gasteiger partial charge in [0, 0.05) is 61.9 Å². The Morgan fingerprint density at radius 2 is 1.89 bits per heavy atom. The van der Waals surface area contributed by atoms with Gasteiger partial charge in [-0.1, -0.05) is 6.92 Å². The van der Waals surface area contributed by atoms with E-state index in [0.29, 0.717) is 61.9 Å². The van der Waals surface area contributed by atoms with Crippen LogP contribution in [0.5, 0.6) is 5.75 Å². The van der Waals surface area contributed by atoms with Crippen LogP contribution in [0.25, 0.3) is 16.9 Å². The maximum atomic E-state index is 15.0. The van der Waals surface area contributed by atoms with Gasteiger partial charge >= 0.3 is 0 Å². The van der Waals surface area contributed by atoms with Crippen molar-refractivity contribution in [1.29, 1.82) is 5.26 Å². The third kappa shape index (κ3) is 6.32. The molecule has 4 heterocycles. The Labute approximate surface area is 269 Å². The van der Waals surface area contributed by atoms with Gasteiger partial charge in [-0.25, -0.2) is 14.4 Å². The van der Waals surface area contributed by atoms with E-state index in [2.05, 4.69) is 20.6 Å². The van der Waals surface area contributed by atoms with Crippen molar-refractivity contribution in [3.05, 3.63) is 71.7 Å². The second-order valence-electron chi connectivity index (χ2n) is 11.8. The maximum Gasteiger partial charge on any atom is 0.254 e. The van der Waals surface area contributed by atoms with Crippen molar-refractivity contribution >= 4 is 29.0 Å². The van der Waals surface area contributed by atoms with Gasteiger partial charge in [-0.15, -0.1) is 0 Å². The van der Waals surface area contributed by atoms with Crippen molar-refractivity contribution in [2.75, 3.05) is 44.6 Å². The number of nitrogens with zero attached hydrogens (tertiary/aromatic N) is 6. The monoisotopic (exact) mass is 644 g/mol. The highest BCUT2D eigenvalue weighted by Crippen LogP contribution is 2.32. The summed E-state index contributed by atoms with van der Waals surface area (Å²) in [4.78, 5) is 38.7. The summed E-state index contributed by atoms with van der Waals surface area (Å²) in [6.07, 6.45) is 4.37. The van der Waals surface area contributed by atoms with Crippen LogP contribution in [0.4, 0.5) is 20.3 Å². The molecule has 0 aliphatic carbocycles. The van der Waals surface area contributed by atoms with Crippen LogP contribution in [0.1, 0.15) is 29.3 Å². The minimum absolute atomic E-state index is 0.0419. The number of nitriles is 1. The van der Waals surface area contributed by atoms with E-state index < -0.39 is 30.4 Å². The van der Waals surface area contributed by atoms with E-state index in [1.807, 2.05) is 19.9 Å². The summed E-state index contributed by atoms with van der Waals surface area (Å²) in [7, 11) is 0. The topological polar surface area (TPSA) is 148 Å². The van der Waals surface area contributed by atoms with Crippen molar-refractivity contribution in [3.63, 3.8) is 0 Å². The molecule has 3 atom stereocenters. The van der Waals surface area contributed by atoms with E-state index in [1.165, 1.54) is 24.5 Å². The molecule has 14 heteroatoms. The zero-order valence-corrected chi connectivity index (χ0v) is 25.9. The summed E-state index contributed by atoms with van der Waals surface area (Å²) >= 11 is 0. The summed E-state index contributed by atoms with van der Waals surface area (Å²) in [5.74, 6) is -2.39. The Morgan fingerprint density at radius 3 is 2.62 bits per heavy atom. The predicted octanol–water partition coefficient (Wildman–Crippen LogP) is 3.27. The van der Waals surface area contributed by atoms with Gasteiger partial charge in [0.2, 0.25) is 11.7 Å². The fourth-order valence-corrected chi connectivity index (χ4v) is 6.01. The summed E-state index contributed by atoms with van der Waals surface area (Å²) in [5.41, 5.74) is 2.53. The lowest BCUT2D eigenvalue weighted by molar-refractivity contribution is -0.137. The average Bonchev–Trinajstić information content (AvgIpc) is 3.51. The number of hydrogen-bond acceptors (Lipinski definition) is 9. The van der Waals surface area contributed by atoms with Crippen LogP contribution in [0.15, 0.2) is 48.9 Å². The van der Waals surface area contributed by atoms with Crippen LogP contribution < -0.4 is 15.4 Å². The number of carbonyl (C=O) groups excluding carboxylic acids is 2. The van der Waals surface area contributed by atoms with Gasteiger partial charge in [0.1, 0.15) is 6.07 Å². The summed E-state index contributed by atoms with van der Waals surface area (Å²) < 4.78 is 36.1. The summed E-state index contributed by atoms with van der Waals surface area (Å²) in [5, 5.41) is 25.3. The summed E-state index contributed by atoms with van der Waals surface area (Å²) in [6.45, 7) is 5.62. The third-order valence-electron chi connectivity index (χ3n) is 8.76. The molecule has 2 fully saturated rings. The number of piperidine rings is 1. The molecule has 2 aliphatic heterocycles. The van der Waals surface area contributed by atoms with Gasteiger partial charge in [0.25, 0.3) is 5.91 Å². The third-order valence-corrected chi connectivity index (χ3v) is 8.76. The normalized spacial score (nSPS) is 19.8. The molecular formula is C33H34F2N8O4. The average molecular weight is 645 g/mol. The molecule has 2 amide bonds. The molecule has 2 aromatic carbocycles. The smallest absolute Gasteiger partial charge is 0.254 e. The number of imidazole rings is 1.